The normalized spacial score (nSPS) is 11.1. The van der Waals surface area contributed by atoms with Crippen LogP contribution in [0.4, 0.5) is 5.69 Å². The number of nitrogens with zero attached hydrogens (tertiary/aromatic N) is 3. The zero-order valence-corrected chi connectivity index (χ0v) is 17.7. The van der Waals surface area contributed by atoms with E-state index in [4.69, 9.17) is 0 Å². The molecule has 1 heterocycles. The highest BCUT2D eigenvalue weighted by molar-refractivity contribution is 8.00. The first-order chi connectivity index (χ1) is 15.1. The van der Waals surface area contributed by atoms with Gasteiger partial charge in [-0.1, -0.05) is 48.2 Å². The number of benzene rings is 3. The van der Waals surface area contributed by atoms with Crippen LogP contribution in [0.2, 0.25) is 0 Å². The number of hydrazone groups is 1. The average Bonchev–Trinajstić information content (AvgIpc) is 3.21. The third kappa shape index (κ3) is 5.14. The Morgan fingerprint density at radius 2 is 1.84 bits per heavy atom. The van der Waals surface area contributed by atoms with Gasteiger partial charge >= 0.3 is 0 Å². The number of nitrogens with one attached hydrogen (secondary N) is 1. The molecule has 0 saturated carbocycles. The number of para-hydroxylation sites is 2. The fraction of sp³-hybridized carbons (Fsp3) is 0.0455. The average molecular weight is 449 g/mol. The third-order valence-corrected chi connectivity index (χ3v) is 6.61. The third-order valence-electron chi connectivity index (χ3n) is 4.36. The number of thioether (sulfide) groups is 1. The molecule has 0 unspecified atom stereocenters. The predicted molar refractivity (Wildman–Crippen MR) is 124 cm³/mol. The summed E-state index contributed by atoms with van der Waals surface area (Å²) in [5.41, 5.74) is 5.17. The van der Waals surface area contributed by atoms with Crippen LogP contribution < -0.4 is 5.43 Å². The highest BCUT2D eigenvalue weighted by Crippen LogP contribution is 2.31. The van der Waals surface area contributed by atoms with Crippen molar-refractivity contribution in [2.45, 2.75) is 10.1 Å². The Bertz CT molecular complexity index is 1240. The lowest BCUT2D eigenvalue weighted by Crippen LogP contribution is -2.17. The molecule has 4 rings (SSSR count). The van der Waals surface area contributed by atoms with Crippen molar-refractivity contribution in [1.29, 1.82) is 0 Å². The molecule has 0 fully saturated rings. The zero-order chi connectivity index (χ0) is 21.6. The van der Waals surface area contributed by atoms with Crippen molar-refractivity contribution in [3.63, 3.8) is 0 Å². The predicted octanol–water partition coefficient (Wildman–Crippen LogP) is 5.26. The minimum atomic E-state index is -0.492. The van der Waals surface area contributed by atoms with Crippen LogP contribution >= 0.6 is 23.1 Å². The van der Waals surface area contributed by atoms with E-state index in [-0.39, 0.29) is 11.6 Å². The Hall–Kier alpha value is -3.56. The molecule has 0 radical (unpaired) electrons. The first-order valence-electron chi connectivity index (χ1n) is 9.24. The van der Waals surface area contributed by atoms with E-state index >= 15 is 0 Å². The maximum Gasteiger partial charge on any atom is 0.278 e. The molecule has 0 aliphatic carbocycles. The highest BCUT2D eigenvalue weighted by atomic mass is 32.2. The number of amides is 1. The van der Waals surface area contributed by atoms with Gasteiger partial charge in [0, 0.05) is 17.4 Å². The Balaban J connectivity index is 1.34. The van der Waals surface area contributed by atoms with Gasteiger partial charge in [-0.3, -0.25) is 14.9 Å². The highest BCUT2D eigenvalue weighted by Gasteiger charge is 2.10. The van der Waals surface area contributed by atoms with Gasteiger partial charge in [0.15, 0.2) is 4.34 Å². The molecule has 0 spiro atoms. The molecule has 0 aliphatic heterocycles. The number of nitro groups is 1. The quantitative estimate of drug-likeness (QED) is 0.180. The van der Waals surface area contributed by atoms with Crippen LogP contribution in [0.25, 0.3) is 10.2 Å². The number of hydrogen-bond acceptors (Lipinski definition) is 7. The molecular formula is C22H16N4O3S2. The van der Waals surface area contributed by atoms with E-state index in [1.807, 2.05) is 30.3 Å². The minimum absolute atomic E-state index is 0.0736. The van der Waals surface area contributed by atoms with Crippen LogP contribution in [-0.2, 0) is 5.75 Å². The lowest BCUT2D eigenvalue weighted by molar-refractivity contribution is -0.385. The monoisotopic (exact) mass is 448 g/mol. The molecule has 9 heteroatoms. The largest absolute Gasteiger partial charge is 0.278 e. The topological polar surface area (TPSA) is 97.5 Å². The van der Waals surface area contributed by atoms with Crippen molar-refractivity contribution >= 4 is 51.1 Å². The SMILES string of the molecule is O=C(NN=Cc1ccccc1[N+](=O)[O-])c1ccc(CSc2nc3ccccc3s2)cc1. The molecule has 0 saturated heterocycles. The molecular weight excluding hydrogens is 432 g/mol. The summed E-state index contributed by atoms with van der Waals surface area (Å²) < 4.78 is 2.17. The molecule has 1 aromatic heterocycles. The summed E-state index contributed by atoms with van der Waals surface area (Å²) in [5.74, 6) is 0.359. The van der Waals surface area contributed by atoms with Crippen LogP contribution in [0.3, 0.4) is 0 Å². The number of aromatic nitrogens is 1. The second-order valence-corrected chi connectivity index (χ2v) is 8.70. The summed E-state index contributed by atoms with van der Waals surface area (Å²) >= 11 is 3.32. The molecule has 0 bridgehead atoms. The maximum atomic E-state index is 12.3. The Morgan fingerprint density at radius 1 is 1.10 bits per heavy atom. The van der Waals surface area contributed by atoms with Gasteiger partial charge in [0.05, 0.1) is 26.9 Å². The number of carbonyl (C=O) groups is 1. The maximum absolute atomic E-state index is 12.3. The van der Waals surface area contributed by atoms with Crippen LogP contribution in [-0.4, -0.2) is 22.0 Å². The first-order valence-corrected chi connectivity index (χ1v) is 11.0. The number of thiazole rings is 1. The van der Waals surface area contributed by atoms with E-state index in [2.05, 4.69) is 21.6 Å². The lowest BCUT2D eigenvalue weighted by Gasteiger charge is -2.03. The van der Waals surface area contributed by atoms with Gasteiger partial charge in [0.1, 0.15) is 0 Å². The summed E-state index contributed by atoms with van der Waals surface area (Å²) in [5, 5.41) is 14.9. The van der Waals surface area contributed by atoms with Crippen LogP contribution in [0, 0.1) is 10.1 Å². The van der Waals surface area contributed by atoms with Crippen molar-refractivity contribution in [2.75, 3.05) is 0 Å². The second kappa shape index (κ2) is 9.50. The van der Waals surface area contributed by atoms with E-state index in [0.29, 0.717) is 11.1 Å². The van der Waals surface area contributed by atoms with Gasteiger partial charge in [-0.05, 0) is 35.9 Å². The second-order valence-electron chi connectivity index (χ2n) is 6.45. The Morgan fingerprint density at radius 3 is 2.61 bits per heavy atom. The standard InChI is InChI=1S/C22H16N4O3S2/c27-21(25-23-13-17-5-1-3-7-19(17)26(28)29)16-11-9-15(10-12-16)14-30-22-24-18-6-2-4-8-20(18)31-22/h1-13H,14H2,(H,25,27). The van der Waals surface area contributed by atoms with Gasteiger partial charge < -0.3 is 0 Å². The van der Waals surface area contributed by atoms with Crippen molar-refractivity contribution in [3.8, 4) is 0 Å². The minimum Gasteiger partial charge on any atom is -0.267 e. The van der Waals surface area contributed by atoms with Gasteiger partial charge in [0.2, 0.25) is 0 Å². The fourth-order valence-electron chi connectivity index (χ4n) is 2.80. The fourth-order valence-corrected chi connectivity index (χ4v) is 4.82. The van der Waals surface area contributed by atoms with Crippen molar-refractivity contribution < 1.29 is 9.72 Å². The molecule has 0 atom stereocenters. The summed E-state index contributed by atoms with van der Waals surface area (Å²) in [4.78, 5) is 27.4. The summed E-state index contributed by atoms with van der Waals surface area (Å²) in [7, 11) is 0. The molecule has 31 heavy (non-hydrogen) atoms. The van der Waals surface area contributed by atoms with Gasteiger partial charge in [-0.15, -0.1) is 11.3 Å². The van der Waals surface area contributed by atoms with Crippen molar-refractivity contribution in [1.82, 2.24) is 10.4 Å². The van der Waals surface area contributed by atoms with Gasteiger partial charge in [0.25, 0.3) is 11.6 Å². The van der Waals surface area contributed by atoms with E-state index in [1.54, 1.807) is 53.4 Å². The zero-order valence-electron chi connectivity index (χ0n) is 16.1. The molecule has 1 N–H and O–H groups in total. The summed E-state index contributed by atoms with van der Waals surface area (Å²) in [6.45, 7) is 0. The van der Waals surface area contributed by atoms with E-state index < -0.39 is 4.92 Å². The molecule has 7 nitrogen and oxygen atoms in total. The van der Waals surface area contributed by atoms with E-state index in [0.717, 1.165) is 21.2 Å². The summed E-state index contributed by atoms with van der Waals surface area (Å²) in [6, 6.07) is 21.5. The number of hydrogen-bond donors (Lipinski definition) is 1. The lowest BCUT2D eigenvalue weighted by atomic mass is 10.1. The Labute approximate surface area is 186 Å². The number of fused-ring (bicyclic) bond motifs is 1. The van der Waals surface area contributed by atoms with E-state index in [9.17, 15) is 14.9 Å². The molecule has 1 amide bonds. The Kier molecular flexibility index (Phi) is 6.34. The number of carbonyl (C=O) groups excluding carboxylic acids is 1. The van der Waals surface area contributed by atoms with Gasteiger partial charge in [-0.2, -0.15) is 5.10 Å². The molecule has 0 aliphatic rings. The van der Waals surface area contributed by atoms with Crippen molar-refractivity contribution in [2.24, 2.45) is 5.10 Å². The summed E-state index contributed by atoms with van der Waals surface area (Å²) in [6.07, 6.45) is 1.26. The smallest absolute Gasteiger partial charge is 0.267 e. The molecule has 4 aromatic rings. The van der Waals surface area contributed by atoms with Crippen LogP contribution in [0.1, 0.15) is 21.5 Å². The van der Waals surface area contributed by atoms with Gasteiger partial charge in [-0.25, -0.2) is 10.4 Å². The molecule has 3 aromatic carbocycles. The van der Waals surface area contributed by atoms with E-state index in [1.165, 1.54) is 17.0 Å². The van der Waals surface area contributed by atoms with Crippen LogP contribution in [0.5, 0.6) is 0 Å². The number of nitro benzene ring substituents is 1. The first kappa shape index (κ1) is 20.7. The van der Waals surface area contributed by atoms with Crippen LogP contribution in [0.15, 0.2) is 82.2 Å². The van der Waals surface area contributed by atoms with Crippen molar-refractivity contribution in [3.05, 3.63) is 99.6 Å². The molecule has 154 valence electrons. The number of rotatable bonds is 7.